The summed E-state index contributed by atoms with van der Waals surface area (Å²) < 4.78 is 7.47. The van der Waals surface area contributed by atoms with Crippen LogP contribution in [0.15, 0.2) is 46.3 Å². The molecule has 6 nitrogen and oxygen atoms in total. The number of ether oxygens (including phenoxy) is 1. The van der Waals surface area contributed by atoms with Gasteiger partial charge in [0.15, 0.2) is 16.1 Å². The number of hydrogen-bond acceptors (Lipinski definition) is 5. The Labute approximate surface area is 160 Å². The van der Waals surface area contributed by atoms with Crippen LogP contribution in [0.4, 0.5) is 0 Å². The van der Waals surface area contributed by atoms with E-state index in [9.17, 15) is 9.59 Å². The van der Waals surface area contributed by atoms with E-state index in [2.05, 4.69) is 26.2 Å². The van der Waals surface area contributed by atoms with Gasteiger partial charge in [-0.3, -0.25) is 4.79 Å². The first-order valence-electron chi connectivity index (χ1n) is 8.59. The maximum atomic E-state index is 12.8. The van der Waals surface area contributed by atoms with E-state index in [0.29, 0.717) is 28.8 Å². The smallest absolute Gasteiger partial charge is 0.364 e. The van der Waals surface area contributed by atoms with Gasteiger partial charge in [0.1, 0.15) is 5.76 Å². The van der Waals surface area contributed by atoms with Crippen molar-refractivity contribution in [3.05, 3.63) is 57.5 Å². The molecule has 1 atom stereocenters. The van der Waals surface area contributed by atoms with E-state index in [1.807, 2.05) is 37.3 Å². The molecule has 1 aliphatic rings. The molecular formula is C19H20BrN3O3. The Balaban J connectivity index is 1.91. The lowest BCUT2D eigenvalue weighted by molar-refractivity contribution is -0.114. The summed E-state index contributed by atoms with van der Waals surface area (Å²) in [7, 11) is 0. The standard InChI is InChI=1S/C19H20BrN3O3/c1-12(14-8-4-3-5-9-14)23-17(18(20)21-22-23)19(25)26-16-11-7-6-10-15(16)13(2)24/h3-5,8-9,12H,6-7,10-11H2,1-2H3/t12-/m1/s1. The van der Waals surface area contributed by atoms with E-state index in [-0.39, 0.29) is 17.5 Å². The van der Waals surface area contributed by atoms with Gasteiger partial charge in [-0.15, -0.1) is 5.10 Å². The minimum atomic E-state index is -0.555. The van der Waals surface area contributed by atoms with Crippen molar-refractivity contribution in [2.24, 2.45) is 0 Å². The molecule has 1 aliphatic carbocycles. The van der Waals surface area contributed by atoms with Crippen molar-refractivity contribution in [2.75, 3.05) is 0 Å². The molecule has 0 amide bonds. The summed E-state index contributed by atoms with van der Waals surface area (Å²) in [4.78, 5) is 24.6. The van der Waals surface area contributed by atoms with Crippen LogP contribution in [0.1, 0.15) is 61.6 Å². The van der Waals surface area contributed by atoms with Crippen LogP contribution in [0.5, 0.6) is 0 Å². The minimum Gasteiger partial charge on any atom is -0.426 e. The summed E-state index contributed by atoms with van der Waals surface area (Å²) in [6, 6.07) is 9.54. The number of esters is 1. The number of carbonyl (C=O) groups is 2. The van der Waals surface area contributed by atoms with Gasteiger partial charge in [0.25, 0.3) is 0 Å². The van der Waals surface area contributed by atoms with Crippen molar-refractivity contribution in [2.45, 2.75) is 45.6 Å². The molecule has 7 heteroatoms. The molecule has 2 aromatic rings. The molecule has 0 saturated carbocycles. The average molecular weight is 418 g/mol. The molecule has 0 spiro atoms. The molecule has 1 aromatic carbocycles. The highest BCUT2D eigenvalue weighted by Crippen LogP contribution is 2.29. The fourth-order valence-corrected chi connectivity index (χ4v) is 3.53. The molecule has 26 heavy (non-hydrogen) atoms. The number of hydrogen-bond donors (Lipinski definition) is 0. The van der Waals surface area contributed by atoms with Crippen LogP contribution in [0.2, 0.25) is 0 Å². The topological polar surface area (TPSA) is 74.1 Å². The van der Waals surface area contributed by atoms with Gasteiger partial charge in [-0.2, -0.15) is 0 Å². The van der Waals surface area contributed by atoms with Crippen LogP contribution in [0.25, 0.3) is 0 Å². The number of rotatable bonds is 5. The largest absolute Gasteiger partial charge is 0.426 e. The number of ketones is 1. The molecule has 1 aromatic heterocycles. The van der Waals surface area contributed by atoms with E-state index in [1.54, 1.807) is 4.68 Å². The molecule has 136 valence electrons. The van der Waals surface area contributed by atoms with Crippen molar-refractivity contribution < 1.29 is 14.3 Å². The van der Waals surface area contributed by atoms with Gasteiger partial charge >= 0.3 is 5.97 Å². The van der Waals surface area contributed by atoms with Gasteiger partial charge in [-0.1, -0.05) is 35.5 Å². The number of aromatic nitrogens is 3. The molecule has 0 saturated heterocycles. The SMILES string of the molecule is CC(=O)C1=C(OC(=O)c2c(Br)nnn2[C@H](C)c2ccccc2)CCCC1. The first kappa shape index (κ1) is 18.5. The fraction of sp³-hybridized carbons (Fsp3) is 0.368. The maximum absolute atomic E-state index is 12.8. The molecule has 0 aliphatic heterocycles. The van der Waals surface area contributed by atoms with Crippen LogP contribution in [-0.2, 0) is 9.53 Å². The minimum absolute atomic E-state index is 0.0455. The van der Waals surface area contributed by atoms with Gasteiger partial charge in [-0.05, 0) is 54.6 Å². The van der Waals surface area contributed by atoms with Crippen LogP contribution < -0.4 is 0 Å². The molecule has 0 radical (unpaired) electrons. The van der Waals surface area contributed by atoms with E-state index in [0.717, 1.165) is 18.4 Å². The second kappa shape index (κ2) is 7.95. The highest BCUT2D eigenvalue weighted by atomic mass is 79.9. The predicted octanol–water partition coefficient (Wildman–Crippen LogP) is 4.22. The summed E-state index contributed by atoms with van der Waals surface area (Å²) in [6.45, 7) is 3.45. The van der Waals surface area contributed by atoms with Gasteiger partial charge in [0.05, 0.1) is 6.04 Å². The van der Waals surface area contributed by atoms with Crippen LogP contribution in [-0.4, -0.2) is 26.7 Å². The van der Waals surface area contributed by atoms with Crippen molar-refractivity contribution in [3.8, 4) is 0 Å². The highest BCUT2D eigenvalue weighted by Gasteiger charge is 2.27. The predicted molar refractivity (Wildman–Crippen MR) is 99.6 cm³/mol. The molecular weight excluding hydrogens is 398 g/mol. The zero-order valence-electron chi connectivity index (χ0n) is 14.7. The van der Waals surface area contributed by atoms with Crippen molar-refractivity contribution in [3.63, 3.8) is 0 Å². The quantitative estimate of drug-likeness (QED) is 0.680. The number of benzene rings is 1. The zero-order valence-corrected chi connectivity index (χ0v) is 16.3. The van der Waals surface area contributed by atoms with E-state index in [4.69, 9.17) is 4.74 Å². The Morgan fingerprint density at radius 2 is 1.88 bits per heavy atom. The monoisotopic (exact) mass is 417 g/mol. The fourth-order valence-electron chi connectivity index (χ4n) is 3.12. The van der Waals surface area contributed by atoms with Gasteiger partial charge in [0, 0.05) is 12.0 Å². The van der Waals surface area contributed by atoms with Gasteiger partial charge in [0.2, 0.25) is 0 Å². The van der Waals surface area contributed by atoms with E-state index < -0.39 is 5.97 Å². The molecule has 3 rings (SSSR count). The van der Waals surface area contributed by atoms with E-state index >= 15 is 0 Å². The van der Waals surface area contributed by atoms with E-state index in [1.165, 1.54) is 6.92 Å². The highest BCUT2D eigenvalue weighted by molar-refractivity contribution is 9.10. The van der Waals surface area contributed by atoms with Crippen LogP contribution >= 0.6 is 15.9 Å². The van der Waals surface area contributed by atoms with Crippen molar-refractivity contribution in [1.29, 1.82) is 0 Å². The normalized spacial score (nSPS) is 15.7. The Morgan fingerprint density at radius 1 is 1.19 bits per heavy atom. The summed E-state index contributed by atoms with van der Waals surface area (Å²) in [6.07, 6.45) is 3.08. The third-order valence-electron chi connectivity index (χ3n) is 4.55. The molecule has 0 unspecified atom stereocenters. The number of Topliss-reactive ketones (excluding diaryl/α,β-unsaturated/α-hetero) is 1. The maximum Gasteiger partial charge on any atom is 0.364 e. The number of halogens is 1. The molecule has 0 fully saturated rings. The first-order chi connectivity index (χ1) is 12.5. The lowest BCUT2D eigenvalue weighted by Gasteiger charge is -2.19. The Bertz CT molecular complexity index is 858. The molecule has 0 N–H and O–H groups in total. The van der Waals surface area contributed by atoms with Crippen LogP contribution in [0.3, 0.4) is 0 Å². The second-order valence-corrected chi connectivity index (χ2v) is 7.07. The third kappa shape index (κ3) is 3.77. The number of nitrogens with zero attached hydrogens (tertiary/aromatic N) is 3. The number of allylic oxidation sites excluding steroid dienone is 2. The zero-order chi connectivity index (χ0) is 18.7. The third-order valence-corrected chi connectivity index (χ3v) is 5.09. The van der Waals surface area contributed by atoms with Crippen LogP contribution in [0, 0.1) is 0 Å². The summed E-state index contributed by atoms with van der Waals surface area (Å²) >= 11 is 3.29. The lowest BCUT2D eigenvalue weighted by Crippen LogP contribution is -2.19. The first-order valence-corrected chi connectivity index (χ1v) is 9.39. The van der Waals surface area contributed by atoms with Gasteiger partial charge < -0.3 is 4.74 Å². The van der Waals surface area contributed by atoms with Gasteiger partial charge in [-0.25, -0.2) is 9.48 Å². The van der Waals surface area contributed by atoms with Crippen molar-refractivity contribution >= 4 is 27.7 Å². The molecule has 0 bridgehead atoms. The Kier molecular flexibility index (Phi) is 5.66. The van der Waals surface area contributed by atoms with Crippen molar-refractivity contribution in [1.82, 2.24) is 15.0 Å². The Hall–Kier alpha value is -2.28. The second-order valence-electron chi connectivity index (χ2n) is 6.31. The summed E-state index contributed by atoms with van der Waals surface area (Å²) in [5.41, 5.74) is 1.85. The number of carbonyl (C=O) groups excluding carboxylic acids is 2. The molecule has 1 heterocycles. The summed E-state index contributed by atoms with van der Waals surface area (Å²) in [5, 5.41) is 8.07. The average Bonchev–Trinajstić information content (AvgIpc) is 3.03. The lowest BCUT2D eigenvalue weighted by atomic mass is 9.95. The Morgan fingerprint density at radius 3 is 2.58 bits per heavy atom. The summed E-state index contributed by atoms with van der Waals surface area (Å²) in [5.74, 6) is -0.128.